The average molecular weight is 185 g/mol. The number of hydrogen-bond acceptors (Lipinski definition) is 3. The minimum atomic E-state index is 0.958. The fourth-order valence-electron chi connectivity index (χ4n) is 0.674. The molecular weight excluding hydrogens is 174 g/mol. The van der Waals surface area contributed by atoms with Gasteiger partial charge in [-0.3, -0.25) is 0 Å². The number of aromatic nitrogens is 1. The Bertz CT molecular complexity index is 189. The molecule has 0 amide bonds. The van der Waals surface area contributed by atoms with Gasteiger partial charge in [0.15, 0.2) is 0 Å². The van der Waals surface area contributed by atoms with Crippen LogP contribution >= 0.6 is 24.4 Å². The van der Waals surface area contributed by atoms with E-state index in [-0.39, 0.29) is 0 Å². The molecule has 0 aliphatic rings. The van der Waals surface area contributed by atoms with Crippen molar-refractivity contribution in [1.82, 2.24) is 4.98 Å². The molecule has 0 aliphatic heterocycles. The molecule has 0 saturated carbocycles. The zero-order valence-corrected chi connectivity index (χ0v) is 7.94. The van der Waals surface area contributed by atoms with Crippen LogP contribution in [0.2, 0.25) is 0 Å². The Morgan fingerprint density at radius 1 is 1.45 bits per heavy atom. The van der Waals surface area contributed by atoms with Crippen LogP contribution in [0.25, 0.3) is 0 Å². The number of pyridine rings is 1. The average Bonchev–Trinajstić information content (AvgIpc) is 2.07. The lowest BCUT2D eigenvalue weighted by atomic mass is 10.5. The van der Waals surface area contributed by atoms with Gasteiger partial charge in [0.1, 0.15) is 0 Å². The summed E-state index contributed by atoms with van der Waals surface area (Å²) in [5.74, 6) is 2.07. The van der Waals surface area contributed by atoms with E-state index in [1.54, 1.807) is 11.8 Å². The molecule has 0 unspecified atom stereocenters. The predicted molar refractivity (Wildman–Crippen MR) is 53.4 cm³/mol. The largest absolute Gasteiger partial charge is 0.250 e. The van der Waals surface area contributed by atoms with Crippen LogP contribution in [-0.2, 0) is 0 Å². The van der Waals surface area contributed by atoms with Crippen LogP contribution in [0.4, 0.5) is 0 Å². The van der Waals surface area contributed by atoms with Crippen molar-refractivity contribution in [2.75, 3.05) is 11.5 Å². The second-order valence-corrected chi connectivity index (χ2v) is 3.66. The molecule has 0 aliphatic carbocycles. The molecule has 3 heteroatoms. The molecule has 1 rings (SSSR count). The maximum atomic E-state index is 4.19. The van der Waals surface area contributed by atoms with Crippen LogP contribution in [-0.4, -0.2) is 16.5 Å². The molecule has 0 radical (unpaired) electrons. The summed E-state index contributed by atoms with van der Waals surface area (Å²) in [5.41, 5.74) is 0. The minimum Gasteiger partial charge on any atom is -0.250 e. The lowest BCUT2D eigenvalue weighted by molar-refractivity contribution is 1.10. The number of thioether (sulfide) groups is 1. The molecular formula is C8H11NS2. The molecule has 0 aromatic carbocycles. The number of hydrogen-bond donors (Lipinski definition) is 1. The molecule has 0 bridgehead atoms. The van der Waals surface area contributed by atoms with Crippen LogP contribution in [0.15, 0.2) is 29.4 Å². The van der Waals surface area contributed by atoms with Crippen LogP contribution < -0.4 is 0 Å². The summed E-state index contributed by atoms with van der Waals surface area (Å²) in [6.07, 6.45) is 2.97. The summed E-state index contributed by atoms with van der Waals surface area (Å²) in [4.78, 5) is 4.19. The van der Waals surface area contributed by atoms with Crippen LogP contribution in [0.3, 0.4) is 0 Å². The topological polar surface area (TPSA) is 12.9 Å². The lowest BCUT2D eigenvalue weighted by Gasteiger charge is -1.96. The van der Waals surface area contributed by atoms with Crippen molar-refractivity contribution >= 4 is 24.4 Å². The smallest absolute Gasteiger partial charge is 0.0959 e. The summed E-state index contributed by atoms with van der Waals surface area (Å²) in [6, 6.07) is 5.97. The number of thiol groups is 1. The Morgan fingerprint density at radius 3 is 3.00 bits per heavy atom. The zero-order chi connectivity index (χ0) is 7.94. The van der Waals surface area contributed by atoms with Crippen molar-refractivity contribution in [2.24, 2.45) is 0 Å². The normalized spacial score (nSPS) is 9.91. The van der Waals surface area contributed by atoms with Gasteiger partial charge in [-0.2, -0.15) is 12.6 Å². The van der Waals surface area contributed by atoms with Crippen LogP contribution in [0.1, 0.15) is 6.42 Å². The molecule has 1 aromatic rings. The Kier molecular flexibility index (Phi) is 4.47. The monoisotopic (exact) mass is 185 g/mol. The summed E-state index contributed by atoms with van der Waals surface area (Å²) in [6.45, 7) is 0. The van der Waals surface area contributed by atoms with Gasteiger partial charge in [-0.25, -0.2) is 4.98 Å². The fraction of sp³-hybridized carbons (Fsp3) is 0.375. The first kappa shape index (κ1) is 8.94. The van der Waals surface area contributed by atoms with Crippen molar-refractivity contribution in [2.45, 2.75) is 11.4 Å². The van der Waals surface area contributed by atoms with Gasteiger partial charge in [-0.05, 0) is 24.3 Å². The highest BCUT2D eigenvalue weighted by molar-refractivity contribution is 7.99. The molecule has 0 fully saturated rings. The maximum Gasteiger partial charge on any atom is 0.0959 e. The number of rotatable bonds is 4. The zero-order valence-electron chi connectivity index (χ0n) is 6.23. The predicted octanol–water partition coefficient (Wildman–Crippen LogP) is 2.49. The van der Waals surface area contributed by atoms with Gasteiger partial charge in [0.25, 0.3) is 0 Å². The molecule has 60 valence electrons. The Labute approximate surface area is 77.0 Å². The molecule has 0 spiro atoms. The van der Waals surface area contributed by atoms with E-state index in [0.717, 1.165) is 23.0 Å². The van der Waals surface area contributed by atoms with Gasteiger partial charge < -0.3 is 0 Å². The van der Waals surface area contributed by atoms with Crippen molar-refractivity contribution in [3.63, 3.8) is 0 Å². The van der Waals surface area contributed by atoms with Gasteiger partial charge in [0.2, 0.25) is 0 Å². The first-order valence-electron chi connectivity index (χ1n) is 3.58. The van der Waals surface area contributed by atoms with Crippen LogP contribution in [0, 0.1) is 0 Å². The van der Waals surface area contributed by atoms with Crippen molar-refractivity contribution < 1.29 is 0 Å². The van der Waals surface area contributed by atoms with Gasteiger partial charge in [-0.1, -0.05) is 6.07 Å². The van der Waals surface area contributed by atoms with Crippen molar-refractivity contribution in [3.05, 3.63) is 24.4 Å². The first-order valence-corrected chi connectivity index (χ1v) is 5.20. The molecule has 0 saturated heterocycles. The van der Waals surface area contributed by atoms with E-state index in [9.17, 15) is 0 Å². The second kappa shape index (κ2) is 5.49. The Morgan fingerprint density at radius 2 is 2.36 bits per heavy atom. The molecule has 1 nitrogen and oxygen atoms in total. The quantitative estimate of drug-likeness (QED) is 0.440. The summed E-state index contributed by atoms with van der Waals surface area (Å²) >= 11 is 5.92. The maximum absolute atomic E-state index is 4.19. The highest BCUT2D eigenvalue weighted by Crippen LogP contribution is 2.14. The van der Waals surface area contributed by atoms with E-state index in [0.29, 0.717) is 0 Å². The van der Waals surface area contributed by atoms with Gasteiger partial charge >= 0.3 is 0 Å². The van der Waals surface area contributed by atoms with Gasteiger partial charge in [-0.15, -0.1) is 11.8 Å². The first-order chi connectivity index (χ1) is 5.43. The van der Waals surface area contributed by atoms with E-state index in [1.165, 1.54) is 0 Å². The molecule has 11 heavy (non-hydrogen) atoms. The van der Waals surface area contributed by atoms with E-state index in [4.69, 9.17) is 0 Å². The molecule has 0 atom stereocenters. The minimum absolute atomic E-state index is 0.958. The standard InChI is InChI=1S/C8H11NS2/c10-6-3-7-11-8-4-1-2-5-9-8/h1-2,4-5,10H,3,6-7H2. The third-order valence-corrected chi connectivity index (χ3v) is 2.54. The highest BCUT2D eigenvalue weighted by Gasteiger charge is 1.91. The molecule has 0 N–H and O–H groups in total. The lowest BCUT2D eigenvalue weighted by Crippen LogP contribution is -1.82. The third kappa shape index (κ3) is 3.68. The SMILES string of the molecule is SCCCSc1ccccn1. The Hall–Kier alpha value is -0.150. The van der Waals surface area contributed by atoms with Crippen molar-refractivity contribution in [1.29, 1.82) is 0 Å². The van der Waals surface area contributed by atoms with E-state index < -0.39 is 0 Å². The van der Waals surface area contributed by atoms with E-state index in [1.807, 2.05) is 24.4 Å². The number of nitrogens with zero attached hydrogens (tertiary/aromatic N) is 1. The van der Waals surface area contributed by atoms with Gasteiger partial charge in [0.05, 0.1) is 5.03 Å². The van der Waals surface area contributed by atoms with E-state index in [2.05, 4.69) is 17.6 Å². The summed E-state index contributed by atoms with van der Waals surface area (Å²) in [7, 11) is 0. The highest BCUT2D eigenvalue weighted by atomic mass is 32.2. The summed E-state index contributed by atoms with van der Waals surface area (Å²) in [5, 5.41) is 1.11. The molecule has 1 heterocycles. The Balaban J connectivity index is 2.28. The van der Waals surface area contributed by atoms with Crippen molar-refractivity contribution in [3.8, 4) is 0 Å². The second-order valence-electron chi connectivity index (χ2n) is 2.09. The van der Waals surface area contributed by atoms with E-state index >= 15 is 0 Å². The summed E-state index contributed by atoms with van der Waals surface area (Å²) < 4.78 is 0. The van der Waals surface area contributed by atoms with Crippen LogP contribution in [0.5, 0.6) is 0 Å². The van der Waals surface area contributed by atoms with Gasteiger partial charge in [0, 0.05) is 11.9 Å². The fourth-order valence-corrected chi connectivity index (χ4v) is 1.85. The molecule has 1 aromatic heterocycles. The third-order valence-electron chi connectivity index (χ3n) is 1.19.